The number of anilines is 1. The Hall–Kier alpha value is -6.76. The van der Waals surface area contributed by atoms with E-state index < -0.39 is 43.3 Å². The highest BCUT2D eigenvalue weighted by molar-refractivity contribution is 7.57. The van der Waals surface area contributed by atoms with Crippen LogP contribution in [0.4, 0.5) is 10.2 Å². The van der Waals surface area contributed by atoms with Crippen molar-refractivity contribution in [2.75, 3.05) is 50.8 Å². The van der Waals surface area contributed by atoms with Gasteiger partial charge >= 0.3 is 13.5 Å². The van der Waals surface area contributed by atoms with Crippen molar-refractivity contribution in [1.82, 2.24) is 40.2 Å². The molecule has 5 heterocycles. The number of hydrogen-bond donors (Lipinski definition) is 3. The Labute approximate surface area is 425 Å². The van der Waals surface area contributed by atoms with Crippen LogP contribution < -0.4 is 25.3 Å². The summed E-state index contributed by atoms with van der Waals surface area (Å²) in [7, 11) is -4.53. The van der Waals surface area contributed by atoms with Crippen LogP contribution >= 0.6 is 19.1 Å². The number of carbonyl (C=O) groups excluding carboxylic acids is 4. The van der Waals surface area contributed by atoms with Crippen molar-refractivity contribution in [3.63, 3.8) is 0 Å². The average molecular weight is 1030 g/mol. The summed E-state index contributed by atoms with van der Waals surface area (Å²) in [6, 6.07) is 28.7. The Bertz CT molecular complexity index is 3220. The number of ether oxygens (including phenoxy) is 1. The number of esters is 1. The van der Waals surface area contributed by atoms with E-state index in [4.69, 9.17) is 18.2 Å². The van der Waals surface area contributed by atoms with Gasteiger partial charge in [0.1, 0.15) is 23.7 Å². The number of benzene rings is 5. The van der Waals surface area contributed by atoms with Crippen LogP contribution in [-0.2, 0) is 18.9 Å². The molecule has 0 bridgehead atoms. The van der Waals surface area contributed by atoms with Gasteiger partial charge in [-0.3, -0.25) is 23.7 Å². The number of para-hydroxylation sites is 1. The number of nitrogens with zero attached hydrogens (tertiary/aromatic N) is 6. The van der Waals surface area contributed by atoms with Gasteiger partial charge in [0.2, 0.25) is 11.8 Å². The van der Waals surface area contributed by atoms with Gasteiger partial charge < -0.3 is 33.8 Å². The summed E-state index contributed by atoms with van der Waals surface area (Å²) in [5, 5.41) is 14.7. The van der Waals surface area contributed by atoms with Gasteiger partial charge in [-0.1, -0.05) is 72.2 Å². The smallest absolute Gasteiger partial charge is 0.355 e. The highest BCUT2D eigenvalue weighted by Crippen LogP contribution is 2.58. The molecule has 6 atom stereocenters. The Morgan fingerprint density at radius 3 is 2.48 bits per heavy atom. The molecule has 73 heavy (non-hydrogen) atoms. The first kappa shape index (κ1) is 49.8. The highest BCUT2D eigenvalue weighted by atomic mass is 32.1. The molecule has 3 aliphatic rings. The number of hydrazine groups is 1. The van der Waals surface area contributed by atoms with Crippen LogP contribution in [0, 0.1) is 6.92 Å². The first-order valence-corrected chi connectivity index (χ1v) is 27.2. The summed E-state index contributed by atoms with van der Waals surface area (Å²) in [5.74, 6) is -3.20. The lowest BCUT2D eigenvalue weighted by atomic mass is 10.0. The molecule has 0 radical (unpaired) electrons. The van der Waals surface area contributed by atoms with Crippen LogP contribution in [0.1, 0.15) is 77.4 Å². The molecule has 20 heteroatoms. The van der Waals surface area contributed by atoms with Gasteiger partial charge in [0.25, 0.3) is 11.8 Å². The van der Waals surface area contributed by atoms with Crippen LogP contribution in [0.3, 0.4) is 0 Å². The number of amides is 3. The van der Waals surface area contributed by atoms with Crippen molar-refractivity contribution in [1.29, 1.82) is 0 Å². The van der Waals surface area contributed by atoms with Gasteiger partial charge in [-0.25, -0.2) is 19.9 Å². The zero-order valence-electron chi connectivity index (χ0n) is 40.7. The Morgan fingerprint density at radius 2 is 1.67 bits per heavy atom. The Kier molecular flexibility index (Phi) is 14.6. The number of carbonyl (C=O) groups is 4. The highest BCUT2D eigenvalue weighted by Gasteiger charge is 2.45. The monoisotopic (exact) mass is 1030 g/mol. The largest absolute Gasteiger partial charge is 0.465 e. The van der Waals surface area contributed by atoms with Crippen LogP contribution in [-0.4, -0.2) is 118 Å². The summed E-state index contributed by atoms with van der Waals surface area (Å²) in [6.07, 6.45) is 2.07. The summed E-state index contributed by atoms with van der Waals surface area (Å²) in [4.78, 5) is 62.6. The van der Waals surface area contributed by atoms with E-state index in [9.17, 15) is 18.9 Å². The lowest BCUT2D eigenvalue weighted by Gasteiger charge is -2.42. The normalized spacial score (nSPS) is 20.3. The number of rotatable bonds is 15. The number of halogens is 1. The maximum atomic E-state index is 16.9. The number of aromatic nitrogens is 2. The first-order valence-electron chi connectivity index (χ1n) is 24.7. The first-order chi connectivity index (χ1) is 35.3. The number of hydrogen-bond acceptors (Lipinski definition) is 14. The minimum Gasteiger partial charge on any atom is -0.465 e. The van der Waals surface area contributed by atoms with E-state index >= 15 is 9.18 Å². The zero-order chi connectivity index (χ0) is 50.8. The SMILES string of the molecule is CCCOC(=O)[C@H](C)NP(=O)(Oc1ccccc1)C(F)c1ccc2ccc(C(=O)N[C@H]3CN(C(=O)c4noc5ccc(C)cc45)CC[C@H]4CC[C@@H](NN5CCN(c6nsc7ccccc67)CC5)N4C3=O)cc2c1. The van der Waals surface area contributed by atoms with Crippen molar-refractivity contribution in [2.45, 2.75) is 76.7 Å². The van der Waals surface area contributed by atoms with Crippen LogP contribution in [0.2, 0.25) is 0 Å². The van der Waals surface area contributed by atoms with E-state index in [1.54, 1.807) is 53.4 Å². The lowest BCUT2D eigenvalue weighted by molar-refractivity contribution is -0.145. The number of fused-ring (bicyclic) bond motifs is 4. The molecular weight excluding hydrogens is 973 g/mol. The molecule has 10 rings (SSSR count). The van der Waals surface area contributed by atoms with Gasteiger partial charge in [0.05, 0.1) is 29.4 Å². The molecule has 7 aromatic rings. The molecule has 2 aromatic heterocycles. The second-order valence-corrected chi connectivity index (χ2v) is 21.8. The molecule has 380 valence electrons. The van der Waals surface area contributed by atoms with Gasteiger partial charge in [0.15, 0.2) is 11.3 Å². The molecule has 5 aromatic carbocycles. The van der Waals surface area contributed by atoms with E-state index in [1.807, 2.05) is 43.0 Å². The maximum Gasteiger partial charge on any atom is 0.355 e. The molecule has 3 N–H and O–H groups in total. The third kappa shape index (κ3) is 10.6. The van der Waals surface area contributed by atoms with Crippen molar-refractivity contribution >= 4 is 80.4 Å². The molecule has 0 aliphatic carbocycles. The Balaban J connectivity index is 0.902. The van der Waals surface area contributed by atoms with Crippen molar-refractivity contribution in [2.24, 2.45) is 0 Å². The van der Waals surface area contributed by atoms with Gasteiger partial charge in [-0.2, -0.15) is 4.37 Å². The van der Waals surface area contributed by atoms with Gasteiger partial charge in [-0.15, -0.1) is 0 Å². The van der Waals surface area contributed by atoms with Crippen molar-refractivity contribution in [3.8, 4) is 5.75 Å². The maximum absolute atomic E-state index is 16.9. The molecule has 3 amide bonds. The van der Waals surface area contributed by atoms with Crippen LogP contribution in [0.15, 0.2) is 114 Å². The van der Waals surface area contributed by atoms with Gasteiger partial charge in [0, 0.05) is 49.7 Å². The Morgan fingerprint density at radius 1 is 0.890 bits per heavy atom. The lowest BCUT2D eigenvalue weighted by Crippen LogP contribution is -2.64. The fourth-order valence-electron chi connectivity index (χ4n) is 9.93. The van der Waals surface area contributed by atoms with E-state index in [0.717, 1.165) is 34.6 Å². The van der Waals surface area contributed by atoms with E-state index in [0.29, 0.717) is 67.1 Å². The summed E-state index contributed by atoms with van der Waals surface area (Å²) in [5.41, 5.74) is 5.31. The van der Waals surface area contributed by atoms with Crippen molar-refractivity contribution < 1.29 is 41.9 Å². The molecule has 3 aliphatic heterocycles. The second-order valence-electron chi connectivity index (χ2n) is 18.9. The number of piperazine rings is 1. The number of aryl methyl sites for hydroxylation is 1. The van der Waals surface area contributed by atoms with E-state index in [1.165, 1.54) is 42.7 Å². The van der Waals surface area contributed by atoms with E-state index in [-0.39, 0.29) is 53.8 Å². The predicted octanol–water partition coefficient (Wildman–Crippen LogP) is 8.36. The molecular formula is C53H57FN9O8PS. The molecule has 2 unspecified atom stereocenters. The van der Waals surface area contributed by atoms with Crippen LogP contribution in [0.25, 0.3) is 31.8 Å². The molecule has 0 spiro atoms. The standard InChI is InChI=1S/C53H57FN9O8PS/c1-4-28-69-53(67)34(3)58-72(68,71-40-10-6-5-7-11-40)48(54)36-17-15-35-16-18-37(31-38(35)30-36)50(64)55-43-32-61(52(66)47-42-29-33(2)14-20-44(42)70-57-47)23-22-39-19-21-46(63(39)51(43)65)56-62-26-24-60(25-27-62)49-41-12-8-9-13-45(41)73-59-49/h5-18,20,29-31,34,39,43,46,48,56H,4,19,21-28,32H2,1-3H3,(H,55,64)(H,58,68)/t34-,39+,43-,46-,48?,72?/m0/s1. The molecule has 3 saturated heterocycles. The third-order valence-electron chi connectivity index (χ3n) is 13.7. The third-order valence-corrected chi connectivity index (χ3v) is 16.7. The zero-order valence-corrected chi connectivity index (χ0v) is 42.5. The fraction of sp³-hybridized carbons (Fsp3) is 0.358. The quantitative estimate of drug-likeness (QED) is 0.0656. The molecule has 17 nitrogen and oxygen atoms in total. The summed E-state index contributed by atoms with van der Waals surface area (Å²) < 4.78 is 54.0. The molecule has 3 fully saturated rings. The second kappa shape index (κ2) is 21.4. The van der Waals surface area contributed by atoms with Crippen molar-refractivity contribution in [3.05, 3.63) is 132 Å². The number of nitrogens with one attached hydrogen (secondary N) is 3. The average Bonchev–Trinajstić information content (AvgIpc) is 4.14. The fourth-order valence-corrected chi connectivity index (χ4v) is 12.6. The summed E-state index contributed by atoms with van der Waals surface area (Å²) in [6.45, 7) is 8.33. The summed E-state index contributed by atoms with van der Waals surface area (Å²) >= 11 is 1.49. The molecule has 0 saturated carbocycles. The predicted molar refractivity (Wildman–Crippen MR) is 277 cm³/mol. The van der Waals surface area contributed by atoms with Crippen LogP contribution in [0.5, 0.6) is 5.75 Å². The minimum absolute atomic E-state index is 0.0254. The topological polar surface area (TPSA) is 192 Å². The van der Waals surface area contributed by atoms with Gasteiger partial charge in [-0.05, 0) is 122 Å². The minimum atomic E-state index is -4.53. The van der Waals surface area contributed by atoms with E-state index in [2.05, 4.69) is 43.0 Å². The number of alkyl halides is 1.